The van der Waals surface area contributed by atoms with E-state index in [0.717, 1.165) is 29.6 Å². The molecule has 17 heavy (non-hydrogen) atoms. The molecule has 0 atom stereocenters. The summed E-state index contributed by atoms with van der Waals surface area (Å²) in [6.07, 6.45) is 8.66. The van der Waals surface area contributed by atoms with Crippen molar-refractivity contribution in [2.24, 2.45) is 0 Å². The quantitative estimate of drug-likeness (QED) is 0.852. The minimum atomic E-state index is 0.829. The number of hydrogen-bond donors (Lipinski definition) is 0. The highest BCUT2D eigenvalue weighted by atomic mass is 79.9. The summed E-state index contributed by atoms with van der Waals surface area (Å²) in [6.45, 7) is 0.829. The number of aromatic nitrogens is 3. The predicted octanol–water partition coefficient (Wildman–Crippen LogP) is 2.97. The maximum Gasteiger partial charge on any atom is 0.0955 e. The molecule has 1 aliphatic rings. The Morgan fingerprint density at radius 1 is 1.18 bits per heavy atom. The topological polar surface area (TPSA) is 30.7 Å². The number of rotatable bonds is 2. The summed E-state index contributed by atoms with van der Waals surface area (Å²) in [5.74, 6) is 0. The molecule has 0 spiro atoms. The molecule has 3 nitrogen and oxygen atoms in total. The van der Waals surface area contributed by atoms with E-state index in [9.17, 15) is 0 Å². The molecule has 0 amide bonds. The van der Waals surface area contributed by atoms with Crippen molar-refractivity contribution in [3.8, 4) is 0 Å². The van der Waals surface area contributed by atoms with E-state index in [1.807, 2.05) is 18.6 Å². The van der Waals surface area contributed by atoms with E-state index in [0.29, 0.717) is 0 Å². The van der Waals surface area contributed by atoms with Crippen LogP contribution >= 0.6 is 15.9 Å². The Bertz CT molecular complexity index is 516. The minimum Gasteiger partial charge on any atom is -0.328 e. The zero-order valence-electron chi connectivity index (χ0n) is 9.56. The molecule has 0 bridgehead atoms. The number of imidazole rings is 1. The van der Waals surface area contributed by atoms with Gasteiger partial charge in [-0.25, -0.2) is 4.98 Å². The third-order valence-electron chi connectivity index (χ3n) is 3.23. The maximum atomic E-state index is 4.50. The standard InChI is InChI=1S/C13H14BrN3/c14-10-5-6-11(15-7-10)8-17-9-16-12-3-1-2-4-13(12)17/h5-7,9H,1-4,8H2. The van der Waals surface area contributed by atoms with Gasteiger partial charge in [0.25, 0.3) is 0 Å². The van der Waals surface area contributed by atoms with Gasteiger partial charge in [-0.1, -0.05) is 0 Å². The average molecular weight is 292 g/mol. The van der Waals surface area contributed by atoms with E-state index in [2.05, 4.69) is 36.5 Å². The molecule has 3 rings (SSSR count). The van der Waals surface area contributed by atoms with Crippen LogP contribution in [-0.4, -0.2) is 14.5 Å². The number of halogens is 1. The predicted molar refractivity (Wildman–Crippen MR) is 69.9 cm³/mol. The van der Waals surface area contributed by atoms with Gasteiger partial charge in [0.2, 0.25) is 0 Å². The van der Waals surface area contributed by atoms with E-state index in [4.69, 9.17) is 0 Å². The molecule has 2 aromatic heterocycles. The lowest BCUT2D eigenvalue weighted by molar-refractivity contribution is 0.625. The summed E-state index contributed by atoms with van der Waals surface area (Å²) in [4.78, 5) is 8.90. The molecule has 2 heterocycles. The molecule has 0 aliphatic heterocycles. The summed E-state index contributed by atoms with van der Waals surface area (Å²) >= 11 is 3.40. The highest BCUT2D eigenvalue weighted by Crippen LogP contribution is 2.20. The smallest absolute Gasteiger partial charge is 0.0955 e. The molecule has 0 fully saturated rings. The summed E-state index contributed by atoms with van der Waals surface area (Å²) < 4.78 is 3.26. The molecule has 0 saturated heterocycles. The van der Waals surface area contributed by atoms with Crippen molar-refractivity contribution in [2.45, 2.75) is 32.2 Å². The lowest BCUT2D eigenvalue weighted by Crippen LogP contribution is -2.09. The fourth-order valence-electron chi connectivity index (χ4n) is 2.34. The van der Waals surface area contributed by atoms with Crippen molar-refractivity contribution in [3.05, 3.63) is 46.2 Å². The fraction of sp³-hybridized carbons (Fsp3) is 0.385. The van der Waals surface area contributed by atoms with Gasteiger partial charge < -0.3 is 4.57 Å². The van der Waals surface area contributed by atoms with Gasteiger partial charge in [-0.3, -0.25) is 4.98 Å². The molecular weight excluding hydrogens is 278 g/mol. The Labute approximate surface area is 109 Å². The second-order valence-electron chi connectivity index (χ2n) is 4.44. The van der Waals surface area contributed by atoms with E-state index < -0.39 is 0 Å². The van der Waals surface area contributed by atoms with Crippen molar-refractivity contribution in [3.63, 3.8) is 0 Å². The SMILES string of the molecule is Brc1ccc(Cn2cnc3c2CCCC3)nc1. The number of fused-ring (bicyclic) bond motifs is 1. The van der Waals surface area contributed by atoms with Gasteiger partial charge in [-0.15, -0.1) is 0 Å². The minimum absolute atomic E-state index is 0.829. The third kappa shape index (κ3) is 2.27. The maximum absolute atomic E-state index is 4.50. The van der Waals surface area contributed by atoms with Gasteiger partial charge in [0.05, 0.1) is 24.3 Å². The Morgan fingerprint density at radius 3 is 2.88 bits per heavy atom. The van der Waals surface area contributed by atoms with Crippen LogP contribution < -0.4 is 0 Å². The molecule has 4 heteroatoms. The van der Waals surface area contributed by atoms with Crippen LogP contribution in [0.3, 0.4) is 0 Å². The second-order valence-corrected chi connectivity index (χ2v) is 5.36. The van der Waals surface area contributed by atoms with E-state index in [-0.39, 0.29) is 0 Å². The normalized spacial score (nSPS) is 14.6. The first-order chi connectivity index (χ1) is 8.33. The molecule has 0 saturated carbocycles. The van der Waals surface area contributed by atoms with Crippen molar-refractivity contribution >= 4 is 15.9 Å². The summed E-state index contributed by atoms with van der Waals surface area (Å²) in [5, 5.41) is 0. The van der Waals surface area contributed by atoms with Gasteiger partial charge in [0, 0.05) is 16.4 Å². The number of pyridine rings is 1. The molecule has 88 valence electrons. The third-order valence-corrected chi connectivity index (χ3v) is 3.70. The molecule has 0 aromatic carbocycles. The fourth-order valence-corrected chi connectivity index (χ4v) is 2.58. The largest absolute Gasteiger partial charge is 0.328 e. The van der Waals surface area contributed by atoms with Crippen LogP contribution in [-0.2, 0) is 19.4 Å². The first-order valence-electron chi connectivity index (χ1n) is 5.96. The van der Waals surface area contributed by atoms with Crippen molar-refractivity contribution < 1.29 is 0 Å². The Kier molecular flexibility index (Phi) is 2.97. The van der Waals surface area contributed by atoms with Crippen molar-refractivity contribution in [2.75, 3.05) is 0 Å². The highest BCUT2D eigenvalue weighted by Gasteiger charge is 2.15. The number of hydrogen-bond acceptors (Lipinski definition) is 2. The first kappa shape index (κ1) is 11.0. The van der Waals surface area contributed by atoms with Crippen LogP contribution in [0.25, 0.3) is 0 Å². The van der Waals surface area contributed by atoms with Crippen LogP contribution in [0, 0.1) is 0 Å². The number of aryl methyl sites for hydroxylation is 1. The monoisotopic (exact) mass is 291 g/mol. The van der Waals surface area contributed by atoms with E-state index in [1.165, 1.54) is 24.2 Å². The van der Waals surface area contributed by atoms with Gasteiger partial charge in [-0.2, -0.15) is 0 Å². The van der Waals surface area contributed by atoms with Gasteiger partial charge in [0.15, 0.2) is 0 Å². The number of nitrogens with zero attached hydrogens (tertiary/aromatic N) is 3. The Balaban J connectivity index is 1.85. The van der Waals surface area contributed by atoms with Gasteiger partial charge in [0.1, 0.15) is 0 Å². The lowest BCUT2D eigenvalue weighted by Gasteiger charge is -2.13. The summed E-state index contributed by atoms with van der Waals surface area (Å²) in [7, 11) is 0. The molecule has 1 aliphatic carbocycles. The highest BCUT2D eigenvalue weighted by molar-refractivity contribution is 9.10. The zero-order valence-corrected chi connectivity index (χ0v) is 11.2. The Hall–Kier alpha value is -1.16. The van der Waals surface area contributed by atoms with Crippen LogP contribution in [0.1, 0.15) is 29.9 Å². The zero-order chi connectivity index (χ0) is 11.7. The molecule has 0 radical (unpaired) electrons. The van der Waals surface area contributed by atoms with Crippen LogP contribution in [0.4, 0.5) is 0 Å². The molecular formula is C13H14BrN3. The second kappa shape index (κ2) is 4.61. The summed E-state index contributed by atoms with van der Waals surface area (Å²) in [6, 6.07) is 4.09. The summed E-state index contributed by atoms with van der Waals surface area (Å²) in [5.41, 5.74) is 3.77. The Morgan fingerprint density at radius 2 is 2.06 bits per heavy atom. The molecule has 0 unspecified atom stereocenters. The van der Waals surface area contributed by atoms with Crippen molar-refractivity contribution in [1.29, 1.82) is 0 Å². The van der Waals surface area contributed by atoms with Crippen LogP contribution in [0.15, 0.2) is 29.1 Å². The van der Waals surface area contributed by atoms with Crippen LogP contribution in [0.2, 0.25) is 0 Å². The first-order valence-corrected chi connectivity index (χ1v) is 6.75. The van der Waals surface area contributed by atoms with E-state index in [1.54, 1.807) is 0 Å². The van der Waals surface area contributed by atoms with Gasteiger partial charge >= 0.3 is 0 Å². The van der Waals surface area contributed by atoms with Crippen LogP contribution in [0.5, 0.6) is 0 Å². The van der Waals surface area contributed by atoms with Crippen molar-refractivity contribution in [1.82, 2.24) is 14.5 Å². The van der Waals surface area contributed by atoms with E-state index >= 15 is 0 Å². The lowest BCUT2D eigenvalue weighted by atomic mass is 10.0. The van der Waals surface area contributed by atoms with Gasteiger partial charge in [-0.05, 0) is 53.7 Å². The average Bonchev–Trinajstić information content (AvgIpc) is 2.76. The molecule has 2 aromatic rings. The molecule has 0 N–H and O–H groups in total.